The molecule has 3 nitrogen and oxygen atoms in total. The lowest BCUT2D eigenvalue weighted by Gasteiger charge is -2.24. The number of unbranched alkanes of at least 4 members (excludes halogenated alkanes) is 3. The molecule has 1 heterocycles. The molecule has 1 aromatic rings. The number of rotatable bonds is 8. The highest BCUT2D eigenvalue weighted by Gasteiger charge is 2.17. The molecule has 0 aliphatic rings. The summed E-state index contributed by atoms with van der Waals surface area (Å²) in [7, 11) is 1.90. The highest BCUT2D eigenvalue weighted by Crippen LogP contribution is 2.26. The Hall–Kier alpha value is -0.870. The Morgan fingerprint density at radius 1 is 1.32 bits per heavy atom. The molecule has 0 saturated carbocycles. The van der Waals surface area contributed by atoms with Crippen molar-refractivity contribution in [3.8, 4) is 0 Å². The van der Waals surface area contributed by atoms with Gasteiger partial charge < -0.3 is 10.6 Å². The van der Waals surface area contributed by atoms with E-state index in [0.29, 0.717) is 6.42 Å². The number of nitrogens with two attached hydrogens (primary N) is 1. The van der Waals surface area contributed by atoms with Crippen molar-refractivity contribution in [1.29, 1.82) is 0 Å². The summed E-state index contributed by atoms with van der Waals surface area (Å²) in [4.78, 5) is 16.5. The van der Waals surface area contributed by atoms with Gasteiger partial charge in [0.05, 0.1) is 6.04 Å². The van der Waals surface area contributed by atoms with Crippen LogP contribution in [0, 0.1) is 6.92 Å². The summed E-state index contributed by atoms with van der Waals surface area (Å²) in [5, 5.41) is 0. The Balaban J connectivity index is 2.35. The number of hydrogen-bond acceptors (Lipinski definition) is 3. The van der Waals surface area contributed by atoms with E-state index in [-0.39, 0.29) is 11.9 Å². The lowest BCUT2D eigenvalue weighted by atomic mass is 10.1. The van der Waals surface area contributed by atoms with E-state index in [1.807, 2.05) is 11.9 Å². The van der Waals surface area contributed by atoms with Gasteiger partial charge in [0.25, 0.3) is 0 Å². The van der Waals surface area contributed by atoms with Crippen molar-refractivity contribution in [3.63, 3.8) is 0 Å². The normalized spacial score (nSPS) is 12.4. The third kappa shape index (κ3) is 5.33. The number of hydrogen-bond donors (Lipinski definition) is 1. The van der Waals surface area contributed by atoms with Crippen LogP contribution in [0.25, 0.3) is 0 Å². The fourth-order valence-electron chi connectivity index (χ4n) is 2.04. The minimum Gasteiger partial charge on any atom is -0.338 e. The predicted molar refractivity (Wildman–Crippen MR) is 82.4 cm³/mol. The lowest BCUT2D eigenvalue weighted by Crippen LogP contribution is -2.28. The molecule has 0 radical (unpaired) electrons. The van der Waals surface area contributed by atoms with Gasteiger partial charge in [-0.15, -0.1) is 11.3 Å². The Bertz CT molecular complexity index is 389. The highest BCUT2D eigenvalue weighted by molar-refractivity contribution is 7.12. The van der Waals surface area contributed by atoms with E-state index in [0.717, 1.165) is 32.2 Å². The molecule has 1 amide bonds. The summed E-state index contributed by atoms with van der Waals surface area (Å²) in [6.45, 7) is 4.94. The predicted octanol–water partition coefficient (Wildman–Crippen LogP) is 3.49. The Morgan fingerprint density at radius 3 is 2.58 bits per heavy atom. The van der Waals surface area contributed by atoms with Gasteiger partial charge in [0.15, 0.2) is 0 Å². The molecule has 0 spiro atoms. The molecule has 4 heteroatoms. The van der Waals surface area contributed by atoms with E-state index in [1.165, 1.54) is 9.75 Å². The third-order valence-corrected chi connectivity index (χ3v) is 4.66. The van der Waals surface area contributed by atoms with Crippen LogP contribution >= 0.6 is 11.3 Å². The van der Waals surface area contributed by atoms with Crippen LogP contribution in [0.4, 0.5) is 0 Å². The van der Waals surface area contributed by atoms with Crippen molar-refractivity contribution in [2.24, 2.45) is 5.73 Å². The summed E-state index contributed by atoms with van der Waals surface area (Å²) < 4.78 is 0. The summed E-state index contributed by atoms with van der Waals surface area (Å²) >= 11 is 1.77. The Labute approximate surface area is 120 Å². The van der Waals surface area contributed by atoms with Gasteiger partial charge in [-0.25, -0.2) is 0 Å². The third-order valence-electron chi connectivity index (χ3n) is 3.49. The fourth-order valence-corrected chi connectivity index (χ4v) is 3.01. The summed E-state index contributed by atoms with van der Waals surface area (Å²) in [5.74, 6) is 0.242. The van der Waals surface area contributed by atoms with Gasteiger partial charge in [0.2, 0.25) is 5.91 Å². The van der Waals surface area contributed by atoms with Crippen LogP contribution in [0.3, 0.4) is 0 Å². The minimum atomic E-state index is 0.176. The molecule has 0 aliphatic heterocycles. The van der Waals surface area contributed by atoms with Gasteiger partial charge in [0, 0.05) is 23.2 Å². The molecule has 108 valence electrons. The molecule has 1 unspecified atom stereocenters. The van der Waals surface area contributed by atoms with Crippen LogP contribution in [0.15, 0.2) is 12.1 Å². The van der Waals surface area contributed by atoms with Crippen LogP contribution in [0.2, 0.25) is 0 Å². The van der Waals surface area contributed by atoms with Crippen LogP contribution < -0.4 is 5.73 Å². The number of amides is 1. The maximum absolute atomic E-state index is 12.1. The zero-order valence-corrected chi connectivity index (χ0v) is 13.1. The average Bonchev–Trinajstić information content (AvgIpc) is 2.83. The zero-order valence-electron chi connectivity index (χ0n) is 12.3. The van der Waals surface area contributed by atoms with E-state index in [4.69, 9.17) is 5.73 Å². The van der Waals surface area contributed by atoms with Crippen LogP contribution in [0.1, 0.15) is 54.8 Å². The van der Waals surface area contributed by atoms with Crippen LogP contribution in [-0.4, -0.2) is 24.4 Å². The average molecular weight is 282 g/mol. The standard InChI is InChI=1S/C15H26N2OS/c1-12-9-10-14(19-12)13(2)17(3)15(18)8-6-4-5-7-11-16/h9-10,13H,4-8,11,16H2,1-3H3. The highest BCUT2D eigenvalue weighted by atomic mass is 32.1. The smallest absolute Gasteiger partial charge is 0.222 e. The lowest BCUT2D eigenvalue weighted by molar-refractivity contribution is -0.131. The van der Waals surface area contributed by atoms with Gasteiger partial charge in [-0.1, -0.05) is 12.8 Å². The zero-order chi connectivity index (χ0) is 14.3. The summed E-state index contributed by atoms with van der Waals surface area (Å²) in [5.41, 5.74) is 5.45. The molecule has 19 heavy (non-hydrogen) atoms. The van der Waals surface area contributed by atoms with E-state index in [1.54, 1.807) is 11.3 Å². The molecule has 0 aromatic carbocycles. The SMILES string of the molecule is Cc1ccc(C(C)N(C)C(=O)CCCCCCN)s1. The molecular formula is C15H26N2OS. The number of nitrogens with zero attached hydrogens (tertiary/aromatic N) is 1. The fraction of sp³-hybridized carbons (Fsp3) is 0.667. The summed E-state index contributed by atoms with van der Waals surface area (Å²) in [6.07, 6.45) is 4.92. The molecule has 1 aromatic heterocycles. The monoisotopic (exact) mass is 282 g/mol. The minimum absolute atomic E-state index is 0.176. The topological polar surface area (TPSA) is 46.3 Å². The largest absolute Gasteiger partial charge is 0.338 e. The first-order valence-corrected chi connectivity index (χ1v) is 7.90. The van der Waals surface area contributed by atoms with E-state index in [2.05, 4.69) is 26.0 Å². The quantitative estimate of drug-likeness (QED) is 0.742. The van der Waals surface area contributed by atoms with E-state index in [9.17, 15) is 4.79 Å². The van der Waals surface area contributed by atoms with Crippen molar-refractivity contribution in [2.45, 2.75) is 52.0 Å². The second-order valence-corrected chi connectivity index (χ2v) is 6.40. The second kappa shape index (κ2) is 8.33. The van der Waals surface area contributed by atoms with Crippen molar-refractivity contribution in [1.82, 2.24) is 4.90 Å². The number of carbonyl (C=O) groups excluding carboxylic acids is 1. The molecule has 0 bridgehead atoms. The Kier molecular flexibility index (Phi) is 7.10. The van der Waals surface area contributed by atoms with Gasteiger partial charge in [0.1, 0.15) is 0 Å². The maximum Gasteiger partial charge on any atom is 0.222 e. The first-order valence-electron chi connectivity index (χ1n) is 7.08. The van der Waals surface area contributed by atoms with Crippen molar-refractivity contribution in [2.75, 3.05) is 13.6 Å². The maximum atomic E-state index is 12.1. The van der Waals surface area contributed by atoms with E-state index >= 15 is 0 Å². The van der Waals surface area contributed by atoms with E-state index < -0.39 is 0 Å². The number of aryl methyl sites for hydroxylation is 1. The van der Waals surface area contributed by atoms with Gasteiger partial charge in [-0.05, 0) is 45.4 Å². The van der Waals surface area contributed by atoms with Gasteiger partial charge >= 0.3 is 0 Å². The Morgan fingerprint density at radius 2 is 2.00 bits per heavy atom. The molecule has 1 atom stereocenters. The molecule has 0 fully saturated rings. The van der Waals surface area contributed by atoms with Crippen molar-refractivity contribution in [3.05, 3.63) is 21.9 Å². The molecule has 1 rings (SSSR count). The summed E-state index contributed by atoms with van der Waals surface area (Å²) in [6, 6.07) is 4.41. The number of carbonyl (C=O) groups is 1. The number of thiophene rings is 1. The second-order valence-electron chi connectivity index (χ2n) is 5.08. The van der Waals surface area contributed by atoms with Gasteiger partial charge in [-0.2, -0.15) is 0 Å². The van der Waals surface area contributed by atoms with Crippen molar-refractivity contribution >= 4 is 17.2 Å². The first-order chi connectivity index (χ1) is 9.06. The van der Waals surface area contributed by atoms with Crippen LogP contribution in [0.5, 0.6) is 0 Å². The molecule has 0 aliphatic carbocycles. The van der Waals surface area contributed by atoms with Crippen molar-refractivity contribution < 1.29 is 4.79 Å². The molecular weight excluding hydrogens is 256 g/mol. The first kappa shape index (κ1) is 16.2. The van der Waals surface area contributed by atoms with Crippen LogP contribution in [-0.2, 0) is 4.79 Å². The molecule has 0 saturated heterocycles. The van der Waals surface area contributed by atoms with Gasteiger partial charge in [-0.3, -0.25) is 4.79 Å². The molecule has 2 N–H and O–H groups in total.